The molecule has 0 bridgehead atoms. The molecular formula is C27H29N3O3. The molecule has 0 amide bonds. The second kappa shape index (κ2) is 9.24. The van der Waals surface area contributed by atoms with Crippen LogP contribution in [-0.2, 0) is 13.0 Å². The van der Waals surface area contributed by atoms with E-state index in [0.717, 1.165) is 53.5 Å². The lowest BCUT2D eigenvalue weighted by atomic mass is 9.80. The van der Waals surface area contributed by atoms with Gasteiger partial charge in [0, 0.05) is 31.7 Å². The van der Waals surface area contributed by atoms with Gasteiger partial charge in [-0.2, -0.15) is 0 Å². The quantitative estimate of drug-likeness (QED) is 0.449. The van der Waals surface area contributed by atoms with Gasteiger partial charge >= 0.3 is 0 Å². The van der Waals surface area contributed by atoms with Crippen molar-refractivity contribution in [1.29, 1.82) is 0 Å². The van der Waals surface area contributed by atoms with Crippen molar-refractivity contribution < 1.29 is 14.7 Å². The normalized spacial score (nSPS) is 21.3. The third kappa shape index (κ3) is 4.31. The van der Waals surface area contributed by atoms with Gasteiger partial charge in [0.15, 0.2) is 11.5 Å². The maximum absolute atomic E-state index is 9.85. The Morgan fingerprint density at radius 2 is 1.97 bits per heavy atom. The first kappa shape index (κ1) is 21.5. The Balaban J connectivity index is 1.41. The van der Waals surface area contributed by atoms with Gasteiger partial charge in [0.1, 0.15) is 6.61 Å². The SMILES string of the molecule is COc1cc2c(cc1OCc1ccccc1)CCN1C[C@@H](c3cc(C)ccn3)/C(=N\O)C[C@H]21. The molecular weight excluding hydrogens is 414 g/mol. The smallest absolute Gasteiger partial charge is 0.161 e. The fourth-order valence-corrected chi connectivity index (χ4v) is 5.03. The molecule has 0 aliphatic carbocycles. The first-order valence-electron chi connectivity index (χ1n) is 11.4. The van der Waals surface area contributed by atoms with Crippen molar-refractivity contribution >= 4 is 5.71 Å². The van der Waals surface area contributed by atoms with Crippen LogP contribution in [0.1, 0.15) is 46.3 Å². The van der Waals surface area contributed by atoms with E-state index in [2.05, 4.69) is 52.3 Å². The number of methoxy groups -OCH3 is 1. The zero-order valence-electron chi connectivity index (χ0n) is 19.1. The molecule has 2 aromatic carbocycles. The number of aromatic nitrogens is 1. The maximum Gasteiger partial charge on any atom is 0.161 e. The number of piperidine rings is 1. The zero-order chi connectivity index (χ0) is 22.8. The summed E-state index contributed by atoms with van der Waals surface area (Å²) >= 11 is 0. The summed E-state index contributed by atoms with van der Waals surface area (Å²) < 4.78 is 11.8. The molecule has 1 fully saturated rings. The molecule has 6 heteroatoms. The average Bonchev–Trinajstić information content (AvgIpc) is 2.86. The second-order valence-corrected chi connectivity index (χ2v) is 8.84. The third-order valence-corrected chi connectivity index (χ3v) is 6.77. The number of pyridine rings is 1. The van der Waals surface area contributed by atoms with Crippen LogP contribution in [0.15, 0.2) is 65.9 Å². The van der Waals surface area contributed by atoms with Crippen LogP contribution in [0.3, 0.4) is 0 Å². The van der Waals surface area contributed by atoms with E-state index >= 15 is 0 Å². The minimum absolute atomic E-state index is 0.00285. The predicted molar refractivity (Wildman–Crippen MR) is 127 cm³/mol. The minimum Gasteiger partial charge on any atom is -0.493 e. The predicted octanol–water partition coefficient (Wildman–Crippen LogP) is 4.89. The van der Waals surface area contributed by atoms with E-state index in [0.29, 0.717) is 13.0 Å². The molecule has 0 spiro atoms. The van der Waals surface area contributed by atoms with Gasteiger partial charge in [0.05, 0.1) is 24.4 Å². The number of fused-ring (bicyclic) bond motifs is 3. The molecule has 170 valence electrons. The highest BCUT2D eigenvalue weighted by Gasteiger charge is 2.39. The number of rotatable bonds is 5. The number of hydrogen-bond donors (Lipinski definition) is 1. The Hall–Kier alpha value is -3.38. The van der Waals surface area contributed by atoms with E-state index < -0.39 is 0 Å². The van der Waals surface area contributed by atoms with E-state index in [1.54, 1.807) is 7.11 Å². The highest BCUT2D eigenvalue weighted by Crippen LogP contribution is 2.43. The van der Waals surface area contributed by atoms with Gasteiger partial charge in [0.2, 0.25) is 0 Å². The van der Waals surface area contributed by atoms with Gasteiger partial charge in [0.25, 0.3) is 0 Å². The van der Waals surface area contributed by atoms with Crippen LogP contribution >= 0.6 is 0 Å². The molecule has 2 aliphatic heterocycles. The molecule has 3 aromatic rings. The van der Waals surface area contributed by atoms with Crippen molar-refractivity contribution in [3.05, 3.63) is 88.7 Å². The van der Waals surface area contributed by atoms with Gasteiger partial charge in [-0.05, 0) is 59.9 Å². The topological polar surface area (TPSA) is 67.2 Å². The Kier molecular flexibility index (Phi) is 6.01. The summed E-state index contributed by atoms with van der Waals surface area (Å²) in [6, 6.07) is 18.6. The molecule has 2 atom stereocenters. The lowest BCUT2D eigenvalue weighted by Crippen LogP contribution is -2.45. The van der Waals surface area contributed by atoms with Crippen LogP contribution in [0.2, 0.25) is 0 Å². The van der Waals surface area contributed by atoms with Crippen LogP contribution in [0.4, 0.5) is 0 Å². The Labute approximate surface area is 194 Å². The van der Waals surface area contributed by atoms with E-state index in [1.165, 1.54) is 11.1 Å². The summed E-state index contributed by atoms with van der Waals surface area (Å²) in [5.41, 5.74) is 6.53. The van der Waals surface area contributed by atoms with Crippen molar-refractivity contribution in [2.24, 2.45) is 5.16 Å². The number of nitrogens with zero attached hydrogens (tertiary/aromatic N) is 3. The van der Waals surface area contributed by atoms with Crippen molar-refractivity contribution in [2.45, 2.75) is 38.3 Å². The monoisotopic (exact) mass is 443 g/mol. The Morgan fingerprint density at radius 1 is 1.12 bits per heavy atom. The largest absolute Gasteiger partial charge is 0.493 e. The van der Waals surface area contributed by atoms with Crippen LogP contribution in [-0.4, -0.2) is 41.0 Å². The second-order valence-electron chi connectivity index (χ2n) is 8.84. The fraction of sp³-hybridized carbons (Fsp3) is 0.333. The number of ether oxygens (including phenoxy) is 2. The summed E-state index contributed by atoms with van der Waals surface area (Å²) in [5.74, 6) is 1.50. The van der Waals surface area contributed by atoms with Crippen LogP contribution in [0, 0.1) is 6.92 Å². The van der Waals surface area contributed by atoms with Gasteiger partial charge in [-0.1, -0.05) is 35.5 Å². The highest BCUT2D eigenvalue weighted by molar-refractivity contribution is 5.92. The van der Waals surface area contributed by atoms with Gasteiger partial charge < -0.3 is 14.7 Å². The molecule has 1 saturated heterocycles. The Morgan fingerprint density at radius 3 is 2.73 bits per heavy atom. The summed E-state index contributed by atoms with van der Waals surface area (Å²) in [7, 11) is 1.68. The van der Waals surface area contributed by atoms with E-state index in [1.807, 2.05) is 30.5 Å². The lowest BCUT2D eigenvalue weighted by Gasteiger charge is -2.43. The third-order valence-electron chi connectivity index (χ3n) is 6.77. The van der Waals surface area contributed by atoms with E-state index in [9.17, 15) is 5.21 Å². The molecule has 1 aromatic heterocycles. The summed E-state index contributed by atoms with van der Waals surface area (Å²) in [6.07, 6.45) is 3.44. The van der Waals surface area contributed by atoms with Gasteiger partial charge in [-0.25, -0.2) is 0 Å². The molecule has 6 nitrogen and oxygen atoms in total. The number of oxime groups is 1. The fourth-order valence-electron chi connectivity index (χ4n) is 5.03. The lowest BCUT2D eigenvalue weighted by molar-refractivity contribution is 0.165. The van der Waals surface area contributed by atoms with Crippen LogP contribution < -0.4 is 9.47 Å². The van der Waals surface area contributed by atoms with Gasteiger partial charge in [-0.3, -0.25) is 9.88 Å². The number of hydrogen-bond acceptors (Lipinski definition) is 6. The molecule has 33 heavy (non-hydrogen) atoms. The molecule has 3 heterocycles. The van der Waals surface area contributed by atoms with Crippen molar-refractivity contribution in [3.8, 4) is 11.5 Å². The highest BCUT2D eigenvalue weighted by atomic mass is 16.5. The summed E-state index contributed by atoms with van der Waals surface area (Å²) in [4.78, 5) is 7.05. The molecule has 0 radical (unpaired) electrons. The first-order valence-corrected chi connectivity index (χ1v) is 11.4. The minimum atomic E-state index is 0.00285. The molecule has 1 N–H and O–H groups in total. The van der Waals surface area contributed by atoms with Gasteiger partial charge in [-0.15, -0.1) is 0 Å². The molecule has 2 aliphatic rings. The molecule has 5 rings (SSSR count). The number of benzene rings is 2. The van der Waals surface area contributed by atoms with Crippen LogP contribution in [0.25, 0.3) is 0 Å². The Bertz CT molecular complexity index is 1160. The van der Waals surface area contributed by atoms with Crippen LogP contribution in [0.5, 0.6) is 11.5 Å². The zero-order valence-corrected chi connectivity index (χ0v) is 19.1. The van der Waals surface area contributed by atoms with Crippen molar-refractivity contribution in [2.75, 3.05) is 20.2 Å². The van der Waals surface area contributed by atoms with E-state index in [-0.39, 0.29) is 12.0 Å². The molecule has 0 saturated carbocycles. The average molecular weight is 444 g/mol. The summed E-state index contributed by atoms with van der Waals surface area (Å²) in [5, 5.41) is 13.6. The van der Waals surface area contributed by atoms with E-state index in [4.69, 9.17) is 9.47 Å². The van der Waals surface area contributed by atoms with Crippen molar-refractivity contribution in [1.82, 2.24) is 9.88 Å². The first-order chi connectivity index (χ1) is 16.2. The summed E-state index contributed by atoms with van der Waals surface area (Å²) in [6.45, 7) is 4.29. The number of aryl methyl sites for hydroxylation is 1. The molecule has 0 unspecified atom stereocenters. The standard InChI is InChI=1S/C27H29N3O3/c1-18-8-10-28-23(12-18)22-16-30-11-9-20-13-27(33-17-19-6-4-3-5-7-19)26(32-2)14-21(20)25(30)15-24(22)29-31/h3-8,10,12-14,22,25,31H,9,11,15-17H2,1-2H3/b29-24-/t22-,25+/m0/s1. The maximum atomic E-state index is 9.85. The van der Waals surface area contributed by atoms with Crippen molar-refractivity contribution in [3.63, 3.8) is 0 Å².